The maximum atomic E-state index is 13.2. The van der Waals surface area contributed by atoms with Crippen LogP contribution in [0.5, 0.6) is 0 Å². The molecule has 2 atom stereocenters. The fourth-order valence-corrected chi connectivity index (χ4v) is 5.68. The summed E-state index contributed by atoms with van der Waals surface area (Å²) in [5, 5.41) is 16.0. The number of benzene rings is 1. The van der Waals surface area contributed by atoms with Gasteiger partial charge in [0.05, 0.1) is 16.9 Å². The molecule has 0 spiro atoms. The summed E-state index contributed by atoms with van der Waals surface area (Å²) in [6.07, 6.45) is 3.98. The van der Waals surface area contributed by atoms with Gasteiger partial charge in [-0.1, -0.05) is 23.7 Å². The lowest BCUT2D eigenvalue weighted by atomic mass is 9.92. The normalized spacial score (nSPS) is 20.5. The third-order valence-corrected chi connectivity index (χ3v) is 8.00. The second-order valence-corrected chi connectivity index (χ2v) is 10.8. The first-order valence-electron chi connectivity index (χ1n) is 13.3. The van der Waals surface area contributed by atoms with E-state index in [-0.39, 0.29) is 36.4 Å². The van der Waals surface area contributed by atoms with Gasteiger partial charge >= 0.3 is 6.09 Å². The monoisotopic (exact) mass is 556 g/mol. The van der Waals surface area contributed by atoms with Crippen molar-refractivity contribution in [1.29, 1.82) is 0 Å². The number of fused-ring (bicyclic) bond motifs is 1. The number of piperidine rings is 1. The summed E-state index contributed by atoms with van der Waals surface area (Å²) in [5.41, 5.74) is 2.58. The van der Waals surface area contributed by atoms with Crippen LogP contribution in [0.1, 0.15) is 48.5 Å². The molecule has 2 saturated heterocycles. The molecule has 208 valence electrons. The number of anilines is 1. The molecule has 1 aromatic heterocycles. The first-order valence-corrected chi connectivity index (χ1v) is 13.7. The van der Waals surface area contributed by atoms with Crippen LogP contribution in [0.25, 0.3) is 11.3 Å². The number of hydrogen-bond acceptors (Lipinski definition) is 7. The van der Waals surface area contributed by atoms with Gasteiger partial charge in [0.2, 0.25) is 11.9 Å². The number of likely N-dealkylation sites (tertiary alicyclic amines) is 1. The predicted molar refractivity (Wildman–Crippen MR) is 145 cm³/mol. The van der Waals surface area contributed by atoms with Crippen LogP contribution < -0.4 is 10.6 Å². The van der Waals surface area contributed by atoms with Gasteiger partial charge in [-0.2, -0.15) is 0 Å². The summed E-state index contributed by atoms with van der Waals surface area (Å²) in [7, 11) is 0. The molecule has 0 radical (unpaired) electrons. The third kappa shape index (κ3) is 6.25. The Morgan fingerprint density at radius 3 is 2.82 bits per heavy atom. The van der Waals surface area contributed by atoms with Gasteiger partial charge in [-0.25, -0.2) is 14.8 Å². The molecule has 2 fully saturated rings. The molecule has 0 bridgehead atoms. The van der Waals surface area contributed by atoms with Crippen LogP contribution >= 0.6 is 11.6 Å². The molecular weight excluding hydrogens is 524 g/mol. The quantitative estimate of drug-likeness (QED) is 0.473. The first-order chi connectivity index (χ1) is 18.8. The number of nitrogens with one attached hydrogen (secondary N) is 2. The smallest absolute Gasteiger partial charge is 0.407 e. The summed E-state index contributed by atoms with van der Waals surface area (Å²) >= 11 is 6.44. The molecule has 11 nitrogen and oxygen atoms in total. The van der Waals surface area contributed by atoms with Gasteiger partial charge in [0.25, 0.3) is 5.91 Å². The maximum Gasteiger partial charge on any atom is 0.407 e. The molecule has 5 rings (SSSR count). The molecular formula is C27H33ClN6O5. The molecule has 3 N–H and O–H groups in total. The minimum Gasteiger partial charge on any atom is -0.465 e. The van der Waals surface area contributed by atoms with E-state index in [9.17, 15) is 19.5 Å². The van der Waals surface area contributed by atoms with Crippen LogP contribution in [-0.4, -0.2) is 87.7 Å². The average Bonchev–Trinajstić information content (AvgIpc) is 3.24. The molecule has 3 amide bonds. The van der Waals surface area contributed by atoms with Crippen LogP contribution in [-0.2, 0) is 16.1 Å². The second kappa shape index (κ2) is 11.7. The van der Waals surface area contributed by atoms with E-state index in [1.165, 1.54) is 9.80 Å². The van der Waals surface area contributed by atoms with Crippen LogP contribution in [0, 0.1) is 5.92 Å². The summed E-state index contributed by atoms with van der Waals surface area (Å²) in [6, 6.07) is 5.55. The Bertz CT molecular complexity index is 1250. The van der Waals surface area contributed by atoms with Crippen molar-refractivity contribution in [2.24, 2.45) is 5.92 Å². The Labute approximate surface area is 231 Å². The van der Waals surface area contributed by atoms with E-state index >= 15 is 0 Å². The van der Waals surface area contributed by atoms with Crippen molar-refractivity contribution in [3.8, 4) is 11.3 Å². The Balaban J connectivity index is 1.22. The fraction of sp³-hybridized carbons (Fsp3) is 0.519. The van der Waals surface area contributed by atoms with Gasteiger partial charge in [0, 0.05) is 56.1 Å². The number of hydrogen-bond donors (Lipinski definition) is 3. The minimum atomic E-state index is -0.937. The van der Waals surface area contributed by atoms with E-state index in [0.29, 0.717) is 60.6 Å². The summed E-state index contributed by atoms with van der Waals surface area (Å²) in [6.45, 7) is 4.45. The van der Waals surface area contributed by atoms with Crippen molar-refractivity contribution < 1.29 is 24.2 Å². The second-order valence-electron chi connectivity index (χ2n) is 10.4. The predicted octanol–water partition coefficient (Wildman–Crippen LogP) is 3.24. The molecule has 12 heteroatoms. The summed E-state index contributed by atoms with van der Waals surface area (Å²) in [4.78, 5) is 49.2. The number of aromatic nitrogens is 2. The van der Waals surface area contributed by atoms with Crippen molar-refractivity contribution in [3.63, 3.8) is 0 Å². The number of ether oxygens (including phenoxy) is 1. The number of carboxylic acid groups (broad SMARTS) is 1. The van der Waals surface area contributed by atoms with Gasteiger partial charge in [-0.15, -0.1) is 0 Å². The standard InChI is InChI=1S/C27H33ClN6O5/c1-16(18-3-2-8-33(13-18)27(37)38)30-23(35)15-34-14-19-5-4-17(11-21(19)25(34)36)24-22(28)12-29-26(32-24)31-20-6-9-39-10-7-20/h4-5,11-12,16,18,20H,2-3,6-10,13-15H2,1H3,(H,30,35)(H,37,38)(H,29,31,32)/t16-,18-/m1/s1. The molecule has 0 aliphatic carbocycles. The zero-order chi connectivity index (χ0) is 27.5. The van der Waals surface area contributed by atoms with Gasteiger partial charge in [0.1, 0.15) is 6.54 Å². The lowest BCUT2D eigenvalue weighted by molar-refractivity contribution is -0.122. The highest BCUT2D eigenvalue weighted by atomic mass is 35.5. The molecule has 0 unspecified atom stereocenters. The fourth-order valence-electron chi connectivity index (χ4n) is 5.48. The van der Waals surface area contributed by atoms with Gasteiger partial charge in [-0.3, -0.25) is 9.59 Å². The van der Waals surface area contributed by atoms with Crippen LogP contribution in [0.2, 0.25) is 5.02 Å². The van der Waals surface area contributed by atoms with Crippen molar-refractivity contribution in [2.75, 3.05) is 38.2 Å². The Kier molecular flexibility index (Phi) is 8.18. The number of carbonyl (C=O) groups excluding carboxylic acids is 2. The van der Waals surface area contributed by atoms with E-state index in [2.05, 4.69) is 20.6 Å². The van der Waals surface area contributed by atoms with Crippen molar-refractivity contribution in [2.45, 2.75) is 51.2 Å². The number of halogens is 1. The number of rotatable bonds is 7. The molecule has 3 aliphatic rings. The van der Waals surface area contributed by atoms with Crippen molar-refractivity contribution in [1.82, 2.24) is 25.1 Å². The topological polar surface area (TPSA) is 137 Å². The van der Waals surface area contributed by atoms with Crippen LogP contribution in [0.15, 0.2) is 24.4 Å². The van der Waals surface area contributed by atoms with Gasteiger partial charge in [-0.05, 0) is 50.2 Å². The summed E-state index contributed by atoms with van der Waals surface area (Å²) in [5.74, 6) is 0.0235. The van der Waals surface area contributed by atoms with E-state index < -0.39 is 6.09 Å². The lowest BCUT2D eigenvalue weighted by Gasteiger charge is -2.34. The number of nitrogens with zero attached hydrogens (tertiary/aromatic N) is 4. The SMILES string of the molecule is C[C@@H](NC(=O)CN1Cc2ccc(-c3nc(NC4CCOCC4)ncc3Cl)cc2C1=O)[C@@H]1CCCN(C(=O)O)C1. The minimum absolute atomic E-state index is 0.0382. The first kappa shape index (κ1) is 27.1. The molecule has 39 heavy (non-hydrogen) atoms. The zero-order valence-electron chi connectivity index (χ0n) is 21.9. The Morgan fingerprint density at radius 1 is 1.26 bits per heavy atom. The largest absolute Gasteiger partial charge is 0.465 e. The van der Waals surface area contributed by atoms with Crippen molar-refractivity contribution >= 4 is 35.5 Å². The van der Waals surface area contributed by atoms with E-state index in [1.807, 2.05) is 19.1 Å². The van der Waals surface area contributed by atoms with E-state index in [1.54, 1.807) is 12.3 Å². The Hall–Kier alpha value is -3.44. The van der Waals surface area contributed by atoms with Gasteiger partial charge in [0.15, 0.2) is 0 Å². The maximum absolute atomic E-state index is 13.2. The zero-order valence-corrected chi connectivity index (χ0v) is 22.6. The number of amides is 3. The van der Waals surface area contributed by atoms with Gasteiger partial charge < -0.3 is 30.3 Å². The molecule has 1 aromatic carbocycles. The van der Waals surface area contributed by atoms with Crippen molar-refractivity contribution in [3.05, 3.63) is 40.5 Å². The van der Waals surface area contributed by atoms with E-state index in [0.717, 1.165) is 31.2 Å². The van der Waals surface area contributed by atoms with Crippen LogP contribution in [0.4, 0.5) is 10.7 Å². The summed E-state index contributed by atoms with van der Waals surface area (Å²) < 4.78 is 5.41. The third-order valence-electron chi connectivity index (χ3n) is 7.72. The average molecular weight is 557 g/mol. The Morgan fingerprint density at radius 2 is 2.05 bits per heavy atom. The number of carbonyl (C=O) groups is 3. The molecule has 4 heterocycles. The lowest BCUT2D eigenvalue weighted by Crippen LogP contribution is -2.49. The van der Waals surface area contributed by atoms with Crippen LogP contribution in [0.3, 0.4) is 0 Å². The highest BCUT2D eigenvalue weighted by Gasteiger charge is 2.32. The molecule has 3 aliphatic heterocycles. The highest BCUT2D eigenvalue weighted by molar-refractivity contribution is 6.33. The highest BCUT2D eigenvalue weighted by Crippen LogP contribution is 2.32. The molecule has 2 aromatic rings. The van der Waals surface area contributed by atoms with E-state index in [4.69, 9.17) is 16.3 Å². The molecule has 0 saturated carbocycles.